The van der Waals surface area contributed by atoms with Gasteiger partial charge in [0.05, 0.1) is 18.4 Å². The molecule has 96 valence electrons. The number of carboxylic acids is 1. The van der Waals surface area contributed by atoms with Gasteiger partial charge in [0.25, 0.3) is 0 Å². The molecule has 2 unspecified atom stereocenters. The number of hydrogen-bond donors (Lipinski definition) is 1. The average Bonchev–Trinajstić information content (AvgIpc) is 2.98. The highest BCUT2D eigenvalue weighted by molar-refractivity contribution is 5.80. The SMILES string of the molecule is CC(CN(C(=O)C1CCOC1)C1CC1)C(=O)O. The number of ether oxygens (including phenoxy) is 1. The molecule has 2 rings (SSSR count). The zero-order valence-corrected chi connectivity index (χ0v) is 10.1. The van der Waals surface area contributed by atoms with Crippen molar-refractivity contribution in [2.45, 2.75) is 32.2 Å². The largest absolute Gasteiger partial charge is 0.481 e. The van der Waals surface area contributed by atoms with Gasteiger partial charge < -0.3 is 14.7 Å². The number of amides is 1. The third-order valence-electron chi connectivity index (χ3n) is 3.44. The Bertz CT molecular complexity index is 308. The van der Waals surface area contributed by atoms with Crippen LogP contribution < -0.4 is 0 Å². The molecule has 2 aliphatic rings. The van der Waals surface area contributed by atoms with Crippen LogP contribution in [-0.4, -0.2) is 47.7 Å². The van der Waals surface area contributed by atoms with Gasteiger partial charge in [0, 0.05) is 19.2 Å². The molecule has 0 radical (unpaired) electrons. The summed E-state index contributed by atoms with van der Waals surface area (Å²) in [5, 5.41) is 8.92. The molecule has 5 heteroatoms. The second kappa shape index (κ2) is 5.04. The molecule has 0 spiro atoms. The molecule has 5 nitrogen and oxygen atoms in total. The van der Waals surface area contributed by atoms with Crippen LogP contribution in [0, 0.1) is 11.8 Å². The fraction of sp³-hybridized carbons (Fsp3) is 0.833. The summed E-state index contributed by atoms with van der Waals surface area (Å²) in [4.78, 5) is 24.9. The van der Waals surface area contributed by atoms with Gasteiger partial charge in [-0.05, 0) is 19.3 Å². The molecule has 1 saturated carbocycles. The van der Waals surface area contributed by atoms with E-state index in [0.717, 1.165) is 19.3 Å². The number of nitrogens with zero attached hydrogens (tertiary/aromatic N) is 1. The van der Waals surface area contributed by atoms with Crippen molar-refractivity contribution < 1.29 is 19.4 Å². The van der Waals surface area contributed by atoms with Crippen LogP contribution >= 0.6 is 0 Å². The first-order valence-electron chi connectivity index (χ1n) is 6.20. The van der Waals surface area contributed by atoms with Crippen LogP contribution in [0.25, 0.3) is 0 Å². The normalized spacial score (nSPS) is 25.6. The van der Waals surface area contributed by atoms with Crippen LogP contribution in [0.15, 0.2) is 0 Å². The number of carbonyl (C=O) groups excluding carboxylic acids is 1. The Morgan fingerprint density at radius 3 is 2.59 bits per heavy atom. The highest BCUT2D eigenvalue weighted by Gasteiger charge is 2.38. The predicted octanol–water partition coefficient (Wildman–Crippen LogP) is 0.735. The summed E-state index contributed by atoms with van der Waals surface area (Å²) in [6, 6.07) is 0.268. The van der Waals surface area contributed by atoms with Crippen LogP contribution in [0.1, 0.15) is 26.2 Å². The highest BCUT2D eigenvalue weighted by Crippen LogP contribution is 2.30. The molecule has 1 aliphatic carbocycles. The Morgan fingerprint density at radius 2 is 2.12 bits per heavy atom. The Balaban J connectivity index is 1.96. The molecule has 1 saturated heterocycles. The van der Waals surface area contributed by atoms with Gasteiger partial charge in [-0.1, -0.05) is 6.92 Å². The van der Waals surface area contributed by atoms with Crippen molar-refractivity contribution >= 4 is 11.9 Å². The van der Waals surface area contributed by atoms with E-state index in [2.05, 4.69) is 0 Å². The monoisotopic (exact) mass is 241 g/mol. The average molecular weight is 241 g/mol. The fourth-order valence-electron chi connectivity index (χ4n) is 2.14. The Labute approximate surface area is 101 Å². The van der Waals surface area contributed by atoms with Crippen LogP contribution in [-0.2, 0) is 14.3 Å². The zero-order chi connectivity index (χ0) is 12.4. The second-order valence-corrected chi connectivity index (χ2v) is 5.02. The molecule has 17 heavy (non-hydrogen) atoms. The van der Waals surface area contributed by atoms with E-state index in [0.29, 0.717) is 19.8 Å². The van der Waals surface area contributed by atoms with Gasteiger partial charge >= 0.3 is 5.97 Å². The maximum absolute atomic E-state index is 12.2. The van der Waals surface area contributed by atoms with E-state index in [-0.39, 0.29) is 17.9 Å². The lowest BCUT2D eigenvalue weighted by molar-refractivity contribution is -0.144. The van der Waals surface area contributed by atoms with Gasteiger partial charge in [-0.25, -0.2) is 0 Å². The van der Waals surface area contributed by atoms with E-state index in [1.807, 2.05) is 0 Å². The van der Waals surface area contributed by atoms with Crippen molar-refractivity contribution in [2.24, 2.45) is 11.8 Å². The molecule has 0 aromatic carbocycles. The van der Waals surface area contributed by atoms with Gasteiger partial charge in [-0.2, -0.15) is 0 Å². The lowest BCUT2D eigenvalue weighted by atomic mass is 10.1. The quantitative estimate of drug-likeness (QED) is 0.770. The summed E-state index contributed by atoms with van der Waals surface area (Å²) in [7, 11) is 0. The van der Waals surface area contributed by atoms with Gasteiger partial charge in [-0.3, -0.25) is 9.59 Å². The first-order valence-corrected chi connectivity index (χ1v) is 6.20. The molecule has 0 aromatic heterocycles. The van der Waals surface area contributed by atoms with E-state index < -0.39 is 11.9 Å². The lowest BCUT2D eigenvalue weighted by Gasteiger charge is -2.26. The van der Waals surface area contributed by atoms with Crippen LogP contribution in [0.5, 0.6) is 0 Å². The Kier molecular flexibility index (Phi) is 3.66. The zero-order valence-electron chi connectivity index (χ0n) is 10.1. The van der Waals surface area contributed by atoms with E-state index in [9.17, 15) is 9.59 Å². The summed E-state index contributed by atoms with van der Waals surface area (Å²) in [5.74, 6) is -1.32. The van der Waals surface area contributed by atoms with E-state index in [1.165, 1.54) is 0 Å². The van der Waals surface area contributed by atoms with Crippen molar-refractivity contribution in [3.05, 3.63) is 0 Å². The molecule has 2 fully saturated rings. The third kappa shape index (κ3) is 2.97. The minimum Gasteiger partial charge on any atom is -0.481 e. The molecular formula is C12H19NO4. The molecule has 1 N–H and O–H groups in total. The van der Waals surface area contributed by atoms with Crippen molar-refractivity contribution in [2.75, 3.05) is 19.8 Å². The molecule has 2 atom stereocenters. The number of carbonyl (C=O) groups is 2. The standard InChI is InChI=1S/C12H19NO4/c1-8(12(15)16)6-13(10-2-3-10)11(14)9-4-5-17-7-9/h8-10H,2-7H2,1H3,(H,15,16). The van der Waals surface area contributed by atoms with Crippen molar-refractivity contribution in [1.82, 2.24) is 4.90 Å². The number of carboxylic acid groups (broad SMARTS) is 1. The van der Waals surface area contributed by atoms with Crippen molar-refractivity contribution in [1.29, 1.82) is 0 Å². The second-order valence-electron chi connectivity index (χ2n) is 5.02. The molecule has 0 aromatic rings. The Hall–Kier alpha value is -1.10. The molecule has 1 heterocycles. The van der Waals surface area contributed by atoms with Crippen LogP contribution in [0.4, 0.5) is 0 Å². The molecule has 1 aliphatic heterocycles. The summed E-state index contributed by atoms with van der Waals surface area (Å²) in [6.45, 7) is 3.11. The first kappa shape index (κ1) is 12.4. The van der Waals surface area contributed by atoms with Crippen molar-refractivity contribution in [3.8, 4) is 0 Å². The first-order chi connectivity index (χ1) is 8.09. The van der Waals surface area contributed by atoms with Gasteiger partial charge in [0.2, 0.25) is 5.91 Å². The van der Waals surface area contributed by atoms with Crippen LogP contribution in [0.3, 0.4) is 0 Å². The summed E-state index contributed by atoms with van der Waals surface area (Å²) >= 11 is 0. The minimum absolute atomic E-state index is 0.0587. The van der Waals surface area contributed by atoms with Gasteiger partial charge in [-0.15, -0.1) is 0 Å². The third-order valence-corrected chi connectivity index (χ3v) is 3.44. The maximum Gasteiger partial charge on any atom is 0.308 e. The summed E-state index contributed by atoms with van der Waals surface area (Å²) in [6.07, 6.45) is 2.78. The Morgan fingerprint density at radius 1 is 1.41 bits per heavy atom. The number of rotatable bonds is 5. The number of hydrogen-bond acceptors (Lipinski definition) is 3. The lowest BCUT2D eigenvalue weighted by Crippen LogP contribution is -2.42. The molecule has 1 amide bonds. The van der Waals surface area contributed by atoms with Crippen molar-refractivity contribution in [3.63, 3.8) is 0 Å². The van der Waals surface area contributed by atoms with E-state index >= 15 is 0 Å². The predicted molar refractivity (Wildman–Crippen MR) is 60.5 cm³/mol. The number of aliphatic carboxylic acids is 1. The van der Waals surface area contributed by atoms with Gasteiger partial charge in [0.15, 0.2) is 0 Å². The maximum atomic E-state index is 12.2. The van der Waals surface area contributed by atoms with Gasteiger partial charge in [0.1, 0.15) is 0 Å². The molecular weight excluding hydrogens is 222 g/mol. The van der Waals surface area contributed by atoms with E-state index in [4.69, 9.17) is 9.84 Å². The minimum atomic E-state index is -0.842. The highest BCUT2D eigenvalue weighted by atomic mass is 16.5. The fourth-order valence-corrected chi connectivity index (χ4v) is 2.14. The van der Waals surface area contributed by atoms with E-state index in [1.54, 1.807) is 11.8 Å². The summed E-state index contributed by atoms with van der Waals surface area (Å²) < 4.78 is 5.22. The van der Waals surface area contributed by atoms with Crippen LogP contribution in [0.2, 0.25) is 0 Å². The molecule has 0 bridgehead atoms. The topological polar surface area (TPSA) is 66.8 Å². The summed E-state index contributed by atoms with van der Waals surface area (Å²) in [5.41, 5.74) is 0. The smallest absolute Gasteiger partial charge is 0.308 e.